The van der Waals surface area contributed by atoms with E-state index in [2.05, 4.69) is 31.9 Å². The summed E-state index contributed by atoms with van der Waals surface area (Å²) in [6.07, 6.45) is -0.658. The van der Waals surface area contributed by atoms with E-state index >= 15 is 0 Å². The van der Waals surface area contributed by atoms with Gasteiger partial charge in [-0.3, -0.25) is 0 Å². The molecule has 0 aliphatic heterocycles. The molecule has 0 aliphatic carbocycles. The van der Waals surface area contributed by atoms with Gasteiger partial charge < -0.3 is 10.8 Å². The molecule has 1 unspecified atom stereocenters. The van der Waals surface area contributed by atoms with Crippen LogP contribution in [0.2, 0.25) is 0 Å². The highest BCUT2D eigenvalue weighted by molar-refractivity contribution is 9.11. The zero-order chi connectivity index (χ0) is 10.0. The van der Waals surface area contributed by atoms with Crippen LogP contribution in [0.25, 0.3) is 0 Å². The van der Waals surface area contributed by atoms with E-state index in [0.717, 1.165) is 14.5 Å². The van der Waals surface area contributed by atoms with Crippen molar-refractivity contribution in [2.24, 2.45) is 0 Å². The van der Waals surface area contributed by atoms with Gasteiger partial charge in [0, 0.05) is 8.95 Å². The summed E-state index contributed by atoms with van der Waals surface area (Å²) in [5.41, 5.74) is 7.04. The second-order valence-corrected chi connectivity index (χ2v) is 4.59. The van der Waals surface area contributed by atoms with Gasteiger partial charge in [-0.15, -0.1) is 11.6 Å². The van der Waals surface area contributed by atoms with E-state index in [-0.39, 0.29) is 5.88 Å². The number of benzene rings is 1. The number of aliphatic hydroxyl groups is 1. The average Bonchev–Trinajstić information content (AvgIpc) is 2.12. The van der Waals surface area contributed by atoms with E-state index in [4.69, 9.17) is 17.3 Å². The zero-order valence-corrected chi connectivity index (χ0v) is 10.5. The van der Waals surface area contributed by atoms with Crippen molar-refractivity contribution in [3.8, 4) is 0 Å². The van der Waals surface area contributed by atoms with E-state index in [1.807, 2.05) is 0 Å². The van der Waals surface area contributed by atoms with Crippen LogP contribution in [0.1, 0.15) is 11.7 Å². The molecule has 5 heteroatoms. The molecule has 1 aromatic rings. The van der Waals surface area contributed by atoms with Gasteiger partial charge in [0.05, 0.1) is 17.7 Å². The van der Waals surface area contributed by atoms with Crippen LogP contribution in [0.4, 0.5) is 5.69 Å². The summed E-state index contributed by atoms with van der Waals surface area (Å²) in [6.45, 7) is 0. The van der Waals surface area contributed by atoms with Gasteiger partial charge in [-0.05, 0) is 49.6 Å². The van der Waals surface area contributed by atoms with Crippen molar-refractivity contribution in [2.45, 2.75) is 6.10 Å². The third-order valence-electron chi connectivity index (χ3n) is 1.63. The Hall–Kier alpha value is 0.230. The molecule has 0 aliphatic rings. The molecule has 0 amide bonds. The number of hydrogen-bond donors (Lipinski definition) is 2. The first-order chi connectivity index (χ1) is 6.06. The maximum atomic E-state index is 9.45. The normalized spacial score (nSPS) is 12.9. The Kier molecular flexibility index (Phi) is 4.04. The van der Waals surface area contributed by atoms with Crippen molar-refractivity contribution in [1.29, 1.82) is 0 Å². The smallest absolute Gasteiger partial charge is 0.0926 e. The monoisotopic (exact) mass is 327 g/mol. The Balaban J connectivity index is 3.13. The van der Waals surface area contributed by atoms with E-state index in [1.54, 1.807) is 12.1 Å². The first-order valence-corrected chi connectivity index (χ1v) is 5.66. The minimum absolute atomic E-state index is 0.169. The summed E-state index contributed by atoms with van der Waals surface area (Å²) < 4.78 is 1.50. The molecule has 0 spiro atoms. The fourth-order valence-corrected chi connectivity index (χ4v) is 2.29. The van der Waals surface area contributed by atoms with Gasteiger partial charge in [0.2, 0.25) is 0 Å². The molecular formula is C8H8Br2ClNO. The summed E-state index contributed by atoms with van der Waals surface area (Å²) in [7, 11) is 0. The lowest BCUT2D eigenvalue weighted by Crippen LogP contribution is -2.00. The molecule has 0 saturated heterocycles. The van der Waals surface area contributed by atoms with E-state index in [1.165, 1.54) is 0 Å². The summed E-state index contributed by atoms with van der Waals surface area (Å²) in [4.78, 5) is 0. The van der Waals surface area contributed by atoms with Crippen LogP contribution in [0.3, 0.4) is 0 Å². The Morgan fingerprint density at radius 1 is 1.38 bits per heavy atom. The molecular weight excluding hydrogens is 321 g/mol. The predicted molar refractivity (Wildman–Crippen MR) is 61.9 cm³/mol. The van der Waals surface area contributed by atoms with Gasteiger partial charge >= 0.3 is 0 Å². The standard InChI is InChI=1S/C8H8Br2ClNO/c9-5-1-4(7(13)3-11)2-6(10)8(5)12/h1-2,7,13H,3,12H2. The summed E-state index contributed by atoms with van der Waals surface area (Å²) in [5.74, 6) is 0.169. The first-order valence-electron chi connectivity index (χ1n) is 3.54. The zero-order valence-electron chi connectivity index (χ0n) is 6.60. The van der Waals surface area contributed by atoms with E-state index < -0.39 is 6.10 Å². The number of rotatable bonds is 2. The highest BCUT2D eigenvalue weighted by Gasteiger charge is 2.10. The topological polar surface area (TPSA) is 46.2 Å². The molecule has 2 nitrogen and oxygen atoms in total. The highest BCUT2D eigenvalue weighted by atomic mass is 79.9. The number of nitrogens with two attached hydrogens (primary N) is 1. The van der Waals surface area contributed by atoms with Crippen molar-refractivity contribution in [3.05, 3.63) is 26.6 Å². The highest BCUT2D eigenvalue weighted by Crippen LogP contribution is 2.31. The van der Waals surface area contributed by atoms with Crippen LogP contribution >= 0.6 is 43.5 Å². The lowest BCUT2D eigenvalue weighted by Gasteiger charge is -2.10. The number of halogens is 3. The molecule has 0 radical (unpaired) electrons. The third kappa shape index (κ3) is 2.59. The van der Waals surface area contributed by atoms with Crippen LogP contribution < -0.4 is 5.73 Å². The first kappa shape index (κ1) is 11.3. The molecule has 0 aromatic heterocycles. The number of nitrogen functional groups attached to an aromatic ring is 1. The molecule has 0 fully saturated rings. The molecule has 0 bridgehead atoms. The number of anilines is 1. The van der Waals surface area contributed by atoms with E-state index in [9.17, 15) is 5.11 Å². The van der Waals surface area contributed by atoms with Crippen LogP contribution in [-0.2, 0) is 0 Å². The van der Waals surface area contributed by atoms with Gasteiger partial charge in [0.25, 0.3) is 0 Å². The second kappa shape index (κ2) is 4.64. The van der Waals surface area contributed by atoms with Gasteiger partial charge in [0.1, 0.15) is 0 Å². The minimum atomic E-state index is -0.658. The minimum Gasteiger partial charge on any atom is -0.397 e. The maximum Gasteiger partial charge on any atom is 0.0926 e. The number of hydrogen-bond acceptors (Lipinski definition) is 2. The predicted octanol–water partition coefficient (Wildman–Crippen LogP) is 3.07. The van der Waals surface area contributed by atoms with Gasteiger partial charge in [-0.1, -0.05) is 0 Å². The summed E-state index contributed by atoms with van der Waals surface area (Å²) in [5, 5.41) is 9.45. The van der Waals surface area contributed by atoms with Crippen LogP contribution in [0.15, 0.2) is 21.1 Å². The number of alkyl halides is 1. The Morgan fingerprint density at radius 2 is 1.85 bits per heavy atom. The molecule has 72 valence electrons. The number of aliphatic hydroxyl groups excluding tert-OH is 1. The van der Waals surface area contributed by atoms with Crippen molar-refractivity contribution >= 4 is 49.1 Å². The second-order valence-electron chi connectivity index (χ2n) is 2.57. The van der Waals surface area contributed by atoms with E-state index in [0.29, 0.717) is 5.69 Å². The van der Waals surface area contributed by atoms with Crippen molar-refractivity contribution in [3.63, 3.8) is 0 Å². The van der Waals surface area contributed by atoms with Crippen molar-refractivity contribution in [1.82, 2.24) is 0 Å². The quantitative estimate of drug-likeness (QED) is 0.647. The van der Waals surface area contributed by atoms with Gasteiger partial charge in [0.15, 0.2) is 0 Å². The third-order valence-corrected chi connectivity index (χ3v) is 3.24. The average molecular weight is 329 g/mol. The molecule has 1 rings (SSSR count). The summed E-state index contributed by atoms with van der Waals surface area (Å²) in [6, 6.07) is 3.51. The molecule has 0 heterocycles. The Labute approximate surface area is 98.3 Å². The van der Waals surface area contributed by atoms with Crippen molar-refractivity contribution < 1.29 is 5.11 Å². The Morgan fingerprint density at radius 3 is 2.23 bits per heavy atom. The fraction of sp³-hybridized carbons (Fsp3) is 0.250. The van der Waals surface area contributed by atoms with Crippen LogP contribution in [0.5, 0.6) is 0 Å². The van der Waals surface area contributed by atoms with Gasteiger partial charge in [-0.2, -0.15) is 0 Å². The molecule has 3 N–H and O–H groups in total. The lowest BCUT2D eigenvalue weighted by molar-refractivity contribution is 0.202. The van der Waals surface area contributed by atoms with Crippen LogP contribution in [0, 0.1) is 0 Å². The molecule has 1 aromatic carbocycles. The fourth-order valence-electron chi connectivity index (χ4n) is 0.885. The molecule has 0 saturated carbocycles. The van der Waals surface area contributed by atoms with Gasteiger partial charge in [-0.25, -0.2) is 0 Å². The maximum absolute atomic E-state index is 9.45. The SMILES string of the molecule is Nc1c(Br)cc(C(O)CCl)cc1Br. The summed E-state index contributed by atoms with van der Waals surface area (Å²) >= 11 is 12.1. The lowest BCUT2D eigenvalue weighted by atomic mass is 10.1. The Bertz CT molecular complexity index is 296. The largest absolute Gasteiger partial charge is 0.397 e. The molecule has 1 atom stereocenters. The van der Waals surface area contributed by atoms with Crippen LogP contribution in [-0.4, -0.2) is 11.0 Å². The van der Waals surface area contributed by atoms with Crippen molar-refractivity contribution in [2.75, 3.05) is 11.6 Å². The molecule has 13 heavy (non-hydrogen) atoms.